The summed E-state index contributed by atoms with van der Waals surface area (Å²) in [6.45, 7) is 9.04. The zero-order chi connectivity index (χ0) is 38.7. The number of hydrogen-bond donors (Lipinski definition) is 3. The van der Waals surface area contributed by atoms with Crippen molar-refractivity contribution in [2.45, 2.75) is 238 Å². The van der Waals surface area contributed by atoms with Gasteiger partial charge in [0.15, 0.2) is 0 Å². The number of nitrogens with one attached hydrogen (secondary N) is 3. The van der Waals surface area contributed by atoms with Crippen LogP contribution < -0.4 is 72.4 Å². The van der Waals surface area contributed by atoms with E-state index in [1.165, 1.54) is 83.5 Å². The van der Waals surface area contributed by atoms with Crippen LogP contribution in [-0.2, 0) is 19.2 Å². The molecule has 3 fully saturated rings. The van der Waals surface area contributed by atoms with E-state index >= 15 is 0 Å². The molecule has 3 aliphatic carbocycles. The Balaban J connectivity index is 0.000000601. The van der Waals surface area contributed by atoms with Gasteiger partial charge in [0.25, 0.3) is 0 Å². The molecule has 54 heavy (non-hydrogen) atoms. The average Bonchev–Trinajstić information content (AvgIpc) is 3.12. The SMILES string of the molecule is CC1CCC(NC(=O)CC(CC(=O)NC2CCC(C)CC2)C(=O)NC2CCC(C)CC2)CC1.CCCCCCCCCCCCCCCCCC(=O)[O-].[K+]. The van der Waals surface area contributed by atoms with Gasteiger partial charge >= 0.3 is 51.4 Å². The van der Waals surface area contributed by atoms with Crippen molar-refractivity contribution >= 4 is 23.7 Å². The predicted molar refractivity (Wildman–Crippen MR) is 216 cm³/mol. The second-order valence-electron chi connectivity index (χ2n) is 17.7. The van der Waals surface area contributed by atoms with Gasteiger partial charge in [-0.1, -0.05) is 118 Å². The molecule has 3 N–H and O–H groups in total. The Morgan fingerprint density at radius 1 is 0.481 bits per heavy atom. The number of amides is 3. The summed E-state index contributed by atoms with van der Waals surface area (Å²) >= 11 is 0. The van der Waals surface area contributed by atoms with Crippen molar-refractivity contribution in [1.82, 2.24) is 16.0 Å². The molecular formula is C45H82KN3O5. The molecule has 0 heterocycles. The minimum Gasteiger partial charge on any atom is -0.550 e. The Morgan fingerprint density at radius 2 is 0.778 bits per heavy atom. The van der Waals surface area contributed by atoms with E-state index in [1.807, 2.05) is 0 Å². The standard InChI is InChI=1S/C27H47N3O3.C18H36O2.K/c1-18-4-10-22(11-5-18)28-25(31)16-21(27(33)30-24-14-8-20(3)9-15-24)17-26(32)29-23-12-6-19(2)7-13-23;1-2-3-4-5-6-7-8-9-10-11-12-13-14-15-16-17-18(19)20;/h18-24H,4-17H2,1-3H3,(H,28,31)(H,29,32)(H,30,33);2-17H2,1H3,(H,19,20);/q;;+1/p-1. The average molecular weight is 784 g/mol. The van der Waals surface area contributed by atoms with Crippen molar-refractivity contribution in [3.05, 3.63) is 0 Å². The normalized spacial score (nSPS) is 24.5. The number of rotatable bonds is 24. The fraction of sp³-hybridized carbons (Fsp3) is 0.911. The van der Waals surface area contributed by atoms with Gasteiger partial charge < -0.3 is 25.9 Å². The van der Waals surface area contributed by atoms with Gasteiger partial charge in [0, 0.05) is 36.9 Å². The van der Waals surface area contributed by atoms with Crippen LogP contribution in [0.15, 0.2) is 0 Å². The van der Waals surface area contributed by atoms with E-state index in [-0.39, 0.29) is 106 Å². The molecule has 8 nitrogen and oxygen atoms in total. The molecule has 308 valence electrons. The van der Waals surface area contributed by atoms with E-state index in [0.717, 1.165) is 102 Å². The van der Waals surface area contributed by atoms with Gasteiger partial charge in [-0.3, -0.25) is 14.4 Å². The first kappa shape index (κ1) is 51.5. The summed E-state index contributed by atoms with van der Waals surface area (Å²) in [5.41, 5.74) is 0. The topological polar surface area (TPSA) is 127 Å². The smallest absolute Gasteiger partial charge is 0.550 e. The first-order valence-corrected chi connectivity index (χ1v) is 22.6. The molecule has 3 saturated carbocycles. The van der Waals surface area contributed by atoms with Crippen LogP contribution in [0, 0.1) is 23.7 Å². The molecule has 0 saturated heterocycles. The van der Waals surface area contributed by atoms with Crippen LogP contribution >= 0.6 is 0 Å². The number of carbonyl (C=O) groups excluding carboxylic acids is 4. The second-order valence-corrected chi connectivity index (χ2v) is 17.7. The van der Waals surface area contributed by atoms with Crippen LogP contribution in [0.3, 0.4) is 0 Å². The third-order valence-corrected chi connectivity index (χ3v) is 12.3. The summed E-state index contributed by atoms with van der Waals surface area (Å²) < 4.78 is 0. The Bertz CT molecular complexity index is 950. The second kappa shape index (κ2) is 32.5. The maximum absolute atomic E-state index is 13.2. The molecule has 3 rings (SSSR count). The summed E-state index contributed by atoms with van der Waals surface area (Å²) in [5.74, 6) is 0.339. The Labute approximate surface area is 374 Å². The molecule has 0 spiro atoms. The van der Waals surface area contributed by atoms with Crippen LogP contribution in [-0.4, -0.2) is 41.8 Å². The minimum absolute atomic E-state index is 0. The Kier molecular flexibility index (Phi) is 31.0. The zero-order valence-electron chi connectivity index (χ0n) is 35.8. The first-order valence-electron chi connectivity index (χ1n) is 22.6. The van der Waals surface area contributed by atoms with E-state index in [4.69, 9.17) is 0 Å². The summed E-state index contributed by atoms with van der Waals surface area (Å²) in [7, 11) is 0. The van der Waals surface area contributed by atoms with E-state index in [0.29, 0.717) is 5.92 Å². The van der Waals surface area contributed by atoms with Crippen LogP contribution in [0.5, 0.6) is 0 Å². The number of carboxylic acids is 1. The van der Waals surface area contributed by atoms with Crippen LogP contribution in [0.4, 0.5) is 0 Å². The Hall–Kier alpha value is -0.484. The molecule has 0 radical (unpaired) electrons. The van der Waals surface area contributed by atoms with Crippen molar-refractivity contribution in [3.63, 3.8) is 0 Å². The summed E-state index contributed by atoms with van der Waals surface area (Å²) in [6, 6.07) is 0.576. The van der Waals surface area contributed by atoms with Gasteiger partial charge in [-0.25, -0.2) is 0 Å². The third-order valence-electron chi connectivity index (χ3n) is 12.3. The maximum Gasteiger partial charge on any atom is 1.00 e. The maximum atomic E-state index is 13.2. The first-order chi connectivity index (χ1) is 25.5. The fourth-order valence-electron chi connectivity index (χ4n) is 8.45. The molecule has 0 bridgehead atoms. The van der Waals surface area contributed by atoms with Gasteiger partial charge in [-0.2, -0.15) is 0 Å². The van der Waals surface area contributed by atoms with Crippen molar-refractivity contribution in [2.75, 3.05) is 0 Å². The number of carbonyl (C=O) groups is 4. The molecule has 0 atom stereocenters. The van der Waals surface area contributed by atoms with Crippen molar-refractivity contribution in [2.24, 2.45) is 23.7 Å². The van der Waals surface area contributed by atoms with Crippen LogP contribution in [0.2, 0.25) is 0 Å². The molecule has 0 aliphatic heterocycles. The van der Waals surface area contributed by atoms with E-state index < -0.39 is 11.9 Å². The van der Waals surface area contributed by atoms with Crippen LogP contribution in [0.25, 0.3) is 0 Å². The van der Waals surface area contributed by atoms with Gasteiger partial charge in [-0.15, -0.1) is 0 Å². The summed E-state index contributed by atoms with van der Waals surface area (Å²) in [4.78, 5) is 49.0. The molecular weight excluding hydrogens is 702 g/mol. The van der Waals surface area contributed by atoms with Gasteiger partial charge in [-0.05, 0) is 108 Å². The van der Waals surface area contributed by atoms with Crippen molar-refractivity contribution in [1.29, 1.82) is 0 Å². The number of unbranched alkanes of at least 4 members (excludes halogenated alkanes) is 14. The molecule has 0 aromatic carbocycles. The zero-order valence-corrected chi connectivity index (χ0v) is 38.9. The Morgan fingerprint density at radius 3 is 1.09 bits per heavy atom. The quantitative estimate of drug-likeness (QED) is 0.0765. The summed E-state index contributed by atoms with van der Waals surface area (Å²) in [6.07, 6.45) is 32.8. The predicted octanol–water partition coefficient (Wildman–Crippen LogP) is 6.47. The summed E-state index contributed by atoms with van der Waals surface area (Å²) in [5, 5.41) is 19.7. The van der Waals surface area contributed by atoms with Crippen LogP contribution in [0.1, 0.15) is 220 Å². The minimum atomic E-state index is -0.903. The van der Waals surface area contributed by atoms with Crippen molar-refractivity contribution in [3.8, 4) is 0 Å². The fourth-order valence-corrected chi connectivity index (χ4v) is 8.45. The molecule has 0 aromatic heterocycles. The molecule has 3 aliphatic rings. The van der Waals surface area contributed by atoms with E-state index in [2.05, 4.69) is 43.6 Å². The molecule has 0 aromatic rings. The van der Waals surface area contributed by atoms with E-state index in [9.17, 15) is 24.3 Å². The van der Waals surface area contributed by atoms with E-state index in [1.54, 1.807) is 0 Å². The largest absolute Gasteiger partial charge is 1.00 e. The molecule has 9 heteroatoms. The monoisotopic (exact) mass is 784 g/mol. The molecule has 0 unspecified atom stereocenters. The third kappa shape index (κ3) is 26.4. The van der Waals surface area contributed by atoms with Crippen molar-refractivity contribution < 1.29 is 75.7 Å². The van der Waals surface area contributed by atoms with Gasteiger partial charge in [0.05, 0.1) is 5.92 Å². The van der Waals surface area contributed by atoms with Gasteiger partial charge in [0.2, 0.25) is 17.7 Å². The number of aliphatic carboxylic acids is 1. The number of carboxylic acid groups (broad SMARTS) is 1. The van der Waals surface area contributed by atoms with Gasteiger partial charge in [0.1, 0.15) is 0 Å². The number of hydrogen-bond acceptors (Lipinski definition) is 5. The molecule has 3 amide bonds.